The highest BCUT2D eigenvalue weighted by Crippen LogP contribution is 2.48. The summed E-state index contributed by atoms with van der Waals surface area (Å²) in [5.41, 5.74) is 8.00. The first kappa shape index (κ1) is 9.86. The molecule has 0 radical (unpaired) electrons. The van der Waals surface area contributed by atoms with E-state index in [0.29, 0.717) is 5.41 Å². The Labute approximate surface area is 95.7 Å². The summed E-state index contributed by atoms with van der Waals surface area (Å²) in [7, 11) is 0. The third kappa shape index (κ3) is 1.85. The zero-order chi connectivity index (χ0) is 10.3. The topological polar surface area (TPSA) is 26.0 Å². The van der Waals surface area contributed by atoms with E-state index in [1.807, 2.05) is 0 Å². The van der Waals surface area contributed by atoms with Gasteiger partial charge in [0.2, 0.25) is 0 Å². The van der Waals surface area contributed by atoms with Crippen molar-refractivity contribution in [1.29, 1.82) is 0 Å². The van der Waals surface area contributed by atoms with E-state index in [1.165, 1.54) is 44.9 Å². The number of aryl methyl sites for hydroxylation is 2. The molecular formula is C13H19NS. The van der Waals surface area contributed by atoms with Crippen LogP contribution in [0.1, 0.15) is 41.0 Å². The molecular weight excluding hydrogens is 202 g/mol. The van der Waals surface area contributed by atoms with Crippen LogP contribution in [0, 0.1) is 5.41 Å². The van der Waals surface area contributed by atoms with E-state index >= 15 is 0 Å². The smallest absolute Gasteiger partial charge is 0.00801 e. The van der Waals surface area contributed by atoms with Gasteiger partial charge in [0.15, 0.2) is 0 Å². The van der Waals surface area contributed by atoms with Crippen molar-refractivity contribution in [3.8, 4) is 0 Å². The van der Waals surface area contributed by atoms with Crippen molar-refractivity contribution >= 4 is 11.3 Å². The summed E-state index contributed by atoms with van der Waals surface area (Å²) < 4.78 is 0. The van der Waals surface area contributed by atoms with E-state index in [4.69, 9.17) is 5.73 Å². The minimum Gasteiger partial charge on any atom is -0.330 e. The molecule has 1 aromatic heterocycles. The molecule has 0 bridgehead atoms. The Balaban J connectivity index is 1.78. The maximum Gasteiger partial charge on any atom is 0.00801 e. The molecule has 2 heteroatoms. The molecule has 2 aliphatic carbocycles. The minimum atomic E-state index is 0.507. The van der Waals surface area contributed by atoms with Gasteiger partial charge in [-0.25, -0.2) is 0 Å². The second-order valence-electron chi connectivity index (χ2n) is 5.25. The number of hydrogen-bond donors (Lipinski definition) is 1. The van der Waals surface area contributed by atoms with Crippen molar-refractivity contribution < 1.29 is 0 Å². The van der Waals surface area contributed by atoms with Gasteiger partial charge in [0, 0.05) is 9.75 Å². The Kier molecular flexibility index (Phi) is 2.37. The van der Waals surface area contributed by atoms with Crippen molar-refractivity contribution in [3.63, 3.8) is 0 Å². The molecule has 0 spiro atoms. The number of rotatable bonds is 3. The van der Waals surface area contributed by atoms with Gasteiger partial charge in [-0.1, -0.05) is 0 Å². The lowest BCUT2D eigenvalue weighted by Crippen LogP contribution is -2.17. The van der Waals surface area contributed by atoms with Crippen LogP contribution in [0.2, 0.25) is 0 Å². The van der Waals surface area contributed by atoms with Gasteiger partial charge < -0.3 is 5.73 Å². The molecule has 1 saturated carbocycles. The Morgan fingerprint density at radius 3 is 2.73 bits per heavy atom. The van der Waals surface area contributed by atoms with Gasteiger partial charge in [0.1, 0.15) is 0 Å². The normalized spacial score (nSPS) is 22.5. The predicted octanol–water partition coefficient (Wildman–Crippen LogP) is 2.91. The van der Waals surface area contributed by atoms with Crippen LogP contribution in [0.15, 0.2) is 6.07 Å². The summed E-state index contributed by atoms with van der Waals surface area (Å²) in [5.74, 6) is 0. The van der Waals surface area contributed by atoms with Gasteiger partial charge in [-0.05, 0) is 68.5 Å². The second kappa shape index (κ2) is 3.60. The fourth-order valence-corrected chi connectivity index (χ4v) is 4.07. The lowest BCUT2D eigenvalue weighted by atomic mass is 9.97. The molecule has 2 N–H and O–H groups in total. The molecule has 0 amide bonds. The van der Waals surface area contributed by atoms with Crippen molar-refractivity contribution in [2.24, 2.45) is 11.1 Å². The monoisotopic (exact) mass is 221 g/mol. The number of hydrogen-bond acceptors (Lipinski definition) is 2. The number of thiophene rings is 1. The molecule has 0 saturated heterocycles. The van der Waals surface area contributed by atoms with Gasteiger partial charge in [-0.15, -0.1) is 11.3 Å². The summed E-state index contributed by atoms with van der Waals surface area (Å²) in [4.78, 5) is 3.27. The number of nitrogens with two attached hydrogens (primary N) is 1. The molecule has 15 heavy (non-hydrogen) atoms. The first-order valence-electron chi connectivity index (χ1n) is 6.12. The zero-order valence-corrected chi connectivity index (χ0v) is 10.0. The van der Waals surface area contributed by atoms with E-state index in [-0.39, 0.29) is 0 Å². The van der Waals surface area contributed by atoms with Crippen molar-refractivity contribution in [1.82, 2.24) is 0 Å². The maximum atomic E-state index is 5.84. The van der Waals surface area contributed by atoms with Crippen LogP contribution in [0.3, 0.4) is 0 Å². The third-order valence-corrected chi connectivity index (χ3v) is 5.22. The first-order valence-corrected chi connectivity index (χ1v) is 6.94. The Morgan fingerprint density at radius 2 is 2.07 bits per heavy atom. The average Bonchev–Trinajstić information content (AvgIpc) is 2.91. The fraction of sp³-hybridized carbons (Fsp3) is 0.692. The summed E-state index contributed by atoms with van der Waals surface area (Å²) in [6.07, 6.45) is 9.40. The van der Waals surface area contributed by atoms with E-state index in [1.54, 1.807) is 15.3 Å². The van der Waals surface area contributed by atoms with Crippen molar-refractivity contribution in [2.75, 3.05) is 6.54 Å². The highest BCUT2D eigenvalue weighted by atomic mass is 32.1. The molecule has 1 fully saturated rings. The van der Waals surface area contributed by atoms with E-state index in [9.17, 15) is 0 Å². The maximum absolute atomic E-state index is 5.84. The van der Waals surface area contributed by atoms with Crippen LogP contribution in [0.25, 0.3) is 0 Å². The fourth-order valence-electron chi connectivity index (χ4n) is 2.64. The van der Waals surface area contributed by atoms with Gasteiger partial charge in [-0.3, -0.25) is 0 Å². The third-order valence-electron chi connectivity index (χ3n) is 3.99. The molecule has 1 nitrogen and oxygen atoms in total. The molecule has 1 aromatic rings. The van der Waals surface area contributed by atoms with Crippen LogP contribution in [-0.2, 0) is 19.3 Å². The first-order chi connectivity index (χ1) is 7.31. The molecule has 82 valence electrons. The average molecular weight is 221 g/mol. The molecule has 0 unspecified atom stereocenters. The highest BCUT2D eigenvalue weighted by molar-refractivity contribution is 7.12. The molecule has 3 rings (SSSR count). The lowest BCUT2D eigenvalue weighted by molar-refractivity contribution is 0.525. The predicted molar refractivity (Wildman–Crippen MR) is 65.4 cm³/mol. The second-order valence-corrected chi connectivity index (χ2v) is 6.47. The van der Waals surface area contributed by atoms with Crippen molar-refractivity contribution in [2.45, 2.75) is 44.9 Å². The summed E-state index contributed by atoms with van der Waals surface area (Å²) >= 11 is 2.06. The lowest BCUT2D eigenvalue weighted by Gasteiger charge is -2.09. The standard InChI is InChI=1S/C13H19NS/c14-9-13(5-6-13)8-11-7-10-3-1-2-4-12(10)15-11/h7H,1-6,8-9,14H2. The van der Waals surface area contributed by atoms with Crippen LogP contribution >= 0.6 is 11.3 Å². The molecule has 1 heterocycles. The quantitative estimate of drug-likeness (QED) is 0.834. The largest absolute Gasteiger partial charge is 0.330 e. The molecule has 0 aliphatic heterocycles. The Bertz CT molecular complexity index is 339. The Hall–Kier alpha value is -0.340. The van der Waals surface area contributed by atoms with Gasteiger partial charge in [0.25, 0.3) is 0 Å². The summed E-state index contributed by atoms with van der Waals surface area (Å²) in [6, 6.07) is 2.47. The van der Waals surface area contributed by atoms with Gasteiger partial charge in [-0.2, -0.15) is 0 Å². The van der Waals surface area contributed by atoms with Gasteiger partial charge in [0.05, 0.1) is 0 Å². The highest BCUT2D eigenvalue weighted by Gasteiger charge is 2.41. The Morgan fingerprint density at radius 1 is 1.27 bits per heavy atom. The molecule has 0 aromatic carbocycles. The SMILES string of the molecule is NCC1(Cc2cc3c(s2)CCCC3)CC1. The van der Waals surface area contributed by atoms with E-state index in [0.717, 1.165) is 6.54 Å². The van der Waals surface area contributed by atoms with E-state index < -0.39 is 0 Å². The van der Waals surface area contributed by atoms with Crippen LogP contribution in [-0.4, -0.2) is 6.54 Å². The summed E-state index contributed by atoms with van der Waals surface area (Å²) in [5, 5.41) is 0. The molecule has 0 atom stereocenters. The van der Waals surface area contributed by atoms with Gasteiger partial charge >= 0.3 is 0 Å². The summed E-state index contributed by atoms with van der Waals surface area (Å²) in [6.45, 7) is 0.884. The molecule has 2 aliphatic rings. The van der Waals surface area contributed by atoms with Crippen molar-refractivity contribution in [3.05, 3.63) is 21.4 Å². The van der Waals surface area contributed by atoms with Crippen LogP contribution in [0.5, 0.6) is 0 Å². The zero-order valence-electron chi connectivity index (χ0n) is 9.22. The minimum absolute atomic E-state index is 0.507. The number of fused-ring (bicyclic) bond motifs is 1. The van der Waals surface area contributed by atoms with Crippen LogP contribution < -0.4 is 5.73 Å². The van der Waals surface area contributed by atoms with E-state index in [2.05, 4.69) is 17.4 Å². The van der Waals surface area contributed by atoms with Crippen LogP contribution in [0.4, 0.5) is 0 Å².